The van der Waals surface area contributed by atoms with Crippen LogP contribution in [0.15, 0.2) is 47.4 Å². The van der Waals surface area contributed by atoms with Crippen molar-refractivity contribution in [2.75, 3.05) is 31.1 Å². The maximum Gasteiger partial charge on any atom is 0.417 e. The summed E-state index contributed by atoms with van der Waals surface area (Å²) in [5, 5.41) is 11.2. The second-order valence-corrected chi connectivity index (χ2v) is 9.60. The van der Waals surface area contributed by atoms with Crippen LogP contribution in [0.1, 0.15) is 11.1 Å². The second kappa shape index (κ2) is 8.34. The van der Waals surface area contributed by atoms with E-state index in [0.29, 0.717) is 12.0 Å². The number of hydrogen-bond donors (Lipinski definition) is 0. The first-order valence-corrected chi connectivity index (χ1v) is 11.4. The molecule has 1 saturated heterocycles. The minimum absolute atomic E-state index is 0.0626. The lowest BCUT2D eigenvalue weighted by Gasteiger charge is -2.34. The van der Waals surface area contributed by atoms with E-state index in [-0.39, 0.29) is 26.2 Å². The van der Waals surface area contributed by atoms with Gasteiger partial charge in [0, 0.05) is 26.2 Å². The molecule has 4 rings (SSSR count). The minimum Gasteiger partial charge on any atom is -0.337 e. The average molecular weight is 487 g/mol. The van der Waals surface area contributed by atoms with Gasteiger partial charge in [0.25, 0.3) is 0 Å². The van der Waals surface area contributed by atoms with E-state index < -0.39 is 31.7 Å². The summed E-state index contributed by atoms with van der Waals surface area (Å²) in [6.45, 7) is 2.62. The van der Waals surface area contributed by atoms with Crippen LogP contribution in [0.25, 0.3) is 5.69 Å². The molecule has 0 atom stereocenters. The summed E-state index contributed by atoms with van der Waals surface area (Å²) in [5.41, 5.74) is 0.653. The Kier molecular flexibility index (Phi) is 5.86. The number of aryl methyl sites for hydroxylation is 1. The third kappa shape index (κ3) is 4.30. The van der Waals surface area contributed by atoms with Gasteiger partial charge >= 0.3 is 6.18 Å². The maximum absolute atomic E-state index is 13.1. The molecule has 0 unspecified atom stereocenters. The second-order valence-electron chi connectivity index (χ2n) is 7.26. The number of tetrazole rings is 1. The molecule has 2 aromatic carbocycles. The van der Waals surface area contributed by atoms with Crippen LogP contribution in [0.5, 0.6) is 0 Å². The number of nitrogens with zero attached hydrogens (tertiary/aromatic N) is 6. The van der Waals surface area contributed by atoms with Gasteiger partial charge in [0.05, 0.1) is 21.2 Å². The molecule has 1 aliphatic rings. The summed E-state index contributed by atoms with van der Waals surface area (Å²) < 4.78 is 68.0. The Labute approximate surface area is 187 Å². The molecule has 1 fully saturated rings. The number of rotatable bonds is 4. The van der Waals surface area contributed by atoms with Crippen LogP contribution >= 0.6 is 11.6 Å². The van der Waals surface area contributed by atoms with Crippen LogP contribution in [0.2, 0.25) is 5.02 Å². The number of aromatic nitrogens is 4. The van der Waals surface area contributed by atoms with Crippen LogP contribution in [-0.4, -0.2) is 59.1 Å². The summed E-state index contributed by atoms with van der Waals surface area (Å²) in [6.07, 6.45) is -4.76. The summed E-state index contributed by atoms with van der Waals surface area (Å²) in [6, 6.07) is 10.2. The quantitative estimate of drug-likeness (QED) is 0.563. The number of alkyl halides is 3. The normalized spacial score (nSPS) is 15.8. The fourth-order valence-corrected chi connectivity index (χ4v) is 5.07. The van der Waals surface area contributed by atoms with Crippen LogP contribution in [0.3, 0.4) is 0 Å². The molecule has 0 amide bonds. The van der Waals surface area contributed by atoms with Crippen molar-refractivity contribution in [3.05, 3.63) is 58.6 Å². The zero-order valence-corrected chi connectivity index (χ0v) is 18.4. The summed E-state index contributed by atoms with van der Waals surface area (Å²) in [5.74, 6) is 0.455. The molecule has 1 aromatic heterocycles. The van der Waals surface area contributed by atoms with Gasteiger partial charge in [-0.15, -0.1) is 0 Å². The van der Waals surface area contributed by atoms with Crippen molar-refractivity contribution in [1.29, 1.82) is 0 Å². The Morgan fingerprint density at radius 1 is 1.00 bits per heavy atom. The molecule has 0 bridgehead atoms. The number of halogens is 4. The monoisotopic (exact) mass is 486 g/mol. The van der Waals surface area contributed by atoms with Crippen LogP contribution < -0.4 is 4.90 Å². The number of sulfonamides is 1. The maximum atomic E-state index is 13.1. The average Bonchev–Trinajstić information content (AvgIpc) is 3.23. The van der Waals surface area contributed by atoms with Crippen molar-refractivity contribution in [3.8, 4) is 5.69 Å². The Balaban J connectivity index is 1.52. The Morgan fingerprint density at radius 3 is 2.28 bits per heavy atom. The van der Waals surface area contributed by atoms with Crippen molar-refractivity contribution < 1.29 is 21.6 Å². The van der Waals surface area contributed by atoms with Crippen LogP contribution in [-0.2, 0) is 16.2 Å². The Bertz CT molecular complexity index is 1220. The molecule has 0 aliphatic carbocycles. The molecular weight excluding hydrogens is 469 g/mol. The fourth-order valence-electron chi connectivity index (χ4n) is 3.39. The van der Waals surface area contributed by atoms with E-state index in [1.807, 2.05) is 36.1 Å². The highest BCUT2D eigenvalue weighted by Gasteiger charge is 2.36. The largest absolute Gasteiger partial charge is 0.417 e. The highest BCUT2D eigenvalue weighted by atomic mass is 35.5. The third-order valence-electron chi connectivity index (χ3n) is 5.13. The first kappa shape index (κ1) is 22.5. The van der Waals surface area contributed by atoms with E-state index in [9.17, 15) is 21.6 Å². The Hall–Kier alpha value is -2.70. The molecule has 13 heteroatoms. The standard InChI is InChI=1S/C19H18ClF3N6O2S/c1-13-2-4-14(5-3-13)29-18(24-25-26-29)27-8-10-28(11-9-27)32(30,31)15-6-7-17(20)16(12-15)19(21,22)23/h2-7,12H,8-11H2,1H3. The first-order chi connectivity index (χ1) is 15.1. The van der Waals surface area contributed by atoms with Crippen LogP contribution in [0.4, 0.5) is 19.1 Å². The molecule has 0 radical (unpaired) electrons. The van der Waals surface area contributed by atoms with Crippen molar-refractivity contribution in [3.63, 3.8) is 0 Å². The van der Waals surface area contributed by atoms with Gasteiger partial charge in [0.15, 0.2) is 0 Å². The smallest absolute Gasteiger partial charge is 0.337 e. The van der Waals surface area contributed by atoms with Gasteiger partial charge in [-0.1, -0.05) is 34.4 Å². The van der Waals surface area contributed by atoms with Crippen molar-refractivity contribution in [2.45, 2.75) is 18.0 Å². The summed E-state index contributed by atoms with van der Waals surface area (Å²) in [4.78, 5) is 1.38. The molecule has 2 heterocycles. The van der Waals surface area contributed by atoms with Gasteiger partial charge in [-0.05, 0) is 47.7 Å². The van der Waals surface area contributed by atoms with Gasteiger partial charge in [-0.2, -0.15) is 22.2 Å². The topological polar surface area (TPSA) is 84.2 Å². The van der Waals surface area contributed by atoms with E-state index >= 15 is 0 Å². The summed E-state index contributed by atoms with van der Waals surface area (Å²) in [7, 11) is -4.13. The lowest BCUT2D eigenvalue weighted by atomic mass is 10.2. The number of anilines is 1. The molecule has 3 aromatic rings. The SMILES string of the molecule is Cc1ccc(-n2nnnc2N2CCN(S(=O)(=O)c3ccc(Cl)c(C(F)(F)F)c3)CC2)cc1. The van der Waals surface area contributed by atoms with Crippen LogP contribution in [0, 0.1) is 6.92 Å². The molecule has 1 aliphatic heterocycles. The predicted octanol–water partition coefficient (Wildman–Crippen LogP) is 3.15. The molecule has 0 N–H and O–H groups in total. The van der Waals surface area contributed by atoms with E-state index in [0.717, 1.165) is 27.7 Å². The molecule has 8 nitrogen and oxygen atoms in total. The van der Waals surface area contributed by atoms with Crippen molar-refractivity contribution >= 4 is 27.6 Å². The highest BCUT2D eigenvalue weighted by molar-refractivity contribution is 7.89. The van der Waals surface area contributed by atoms with Crippen molar-refractivity contribution in [2.24, 2.45) is 0 Å². The summed E-state index contributed by atoms with van der Waals surface area (Å²) >= 11 is 5.61. The van der Waals surface area contributed by atoms with E-state index in [1.54, 1.807) is 4.68 Å². The molecule has 170 valence electrons. The molecule has 32 heavy (non-hydrogen) atoms. The lowest BCUT2D eigenvalue weighted by molar-refractivity contribution is -0.137. The third-order valence-corrected chi connectivity index (χ3v) is 7.36. The zero-order valence-electron chi connectivity index (χ0n) is 16.8. The van der Waals surface area contributed by atoms with Gasteiger partial charge in [-0.25, -0.2) is 8.42 Å². The first-order valence-electron chi connectivity index (χ1n) is 9.54. The Morgan fingerprint density at radius 2 is 1.66 bits per heavy atom. The number of benzene rings is 2. The van der Waals surface area contributed by atoms with Gasteiger partial charge in [0.2, 0.25) is 16.0 Å². The van der Waals surface area contributed by atoms with Crippen molar-refractivity contribution in [1.82, 2.24) is 24.5 Å². The highest BCUT2D eigenvalue weighted by Crippen LogP contribution is 2.36. The zero-order chi connectivity index (χ0) is 23.1. The molecular formula is C19H18ClF3N6O2S. The van der Waals surface area contributed by atoms with E-state index in [1.165, 1.54) is 0 Å². The minimum atomic E-state index is -4.76. The molecule has 0 spiro atoms. The van der Waals surface area contributed by atoms with E-state index in [2.05, 4.69) is 15.5 Å². The fraction of sp³-hybridized carbons (Fsp3) is 0.316. The predicted molar refractivity (Wildman–Crippen MR) is 111 cm³/mol. The number of hydrogen-bond acceptors (Lipinski definition) is 6. The van der Waals surface area contributed by atoms with Gasteiger partial charge < -0.3 is 4.90 Å². The molecule has 0 saturated carbocycles. The van der Waals surface area contributed by atoms with Gasteiger partial charge in [-0.3, -0.25) is 0 Å². The number of piperazine rings is 1. The lowest BCUT2D eigenvalue weighted by Crippen LogP contribution is -2.49. The van der Waals surface area contributed by atoms with Gasteiger partial charge in [0.1, 0.15) is 0 Å². The van der Waals surface area contributed by atoms with E-state index in [4.69, 9.17) is 11.6 Å².